The molecule has 0 aromatic heterocycles. The van der Waals surface area contributed by atoms with Gasteiger partial charge < -0.3 is 47.7 Å². The number of unbranched alkanes of at least 4 members (excludes halogenated alkanes) is 1. The zero-order valence-corrected chi connectivity index (χ0v) is 24.0. The minimum absolute atomic E-state index is 0.0169. The van der Waals surface area contributed by atoms with E-state index in [4.69, 9.17) is 11.5 Å². The van der Waals surface area contributed by atoms with Gasteiger partial charge in [-0.15, -0.1) is 0 Å². The predicted octanol–water partition coefficient (Wildman–Crippen LogP) is -1.76. The number of rotatable bonds is 19. The van der Waals surface area contributed by atoms with Crippen LogP contribution in [0.15, 0.2) is 30.3 Å². The molecule has 10 N–H and O–H groups in total. The van der Waals surface area contributed by atoms with Gasteiger partial charge in [-0.1, -0.05) is 44.2 Å². The zero-order chi connectivity index (χ0) is 30.9. The van der Waals surface area contributed by atoms with E-state index < -0.39 is 66.5 Å². The zero-order valence-electron chi connectivity index (χ0n) is 24.0. The molecule has 41 heavy (non-hydrogen) atoms. The number of hydrogen-bond acceptors (Lipinski definition) is 9. The van der Waals surface area contributed by atoms with Crippen LogP contribution in [-0.2, 0) is 30.4 Å². The summed E-state index contributed by atoms with van der Waals surface area (Å²) in [5.41, 5.74) is 12.4. The summed E-state index contributed by atoms with van der Waals surface area (Å²) >= 11 is 0. The number of aliphatic hydroxyl groups excluding tert-OH is 2. The standard InChI is InChI=1S/C28H46N6O7/c1-17(2)13-22(32-25(38)21(30)14-19-9-5-4-6-10-19)26(39)33-23(16-36)27(40)34-24(18(3)37)28(41)31-20(15-35)11-7-8-12-29/h4-6,9-10,15,17-18,20-24,36-37H,7-8,11-14,16,29-30H2,1-3H3,(H,31,41)(H,32,38)(H,33,39)(H,34,40)/t18-,20+,21+,22+,23+,24+/m1/s1. The summed E-state index contributed by atoms with van der Waals surface area (Å²) in [5, 5.41) is 29.8. The Kier molecular flexibility index (Phi) is 16.4. The number of aliphatic hydroxyl groups is 2. The highest BCUT2D eigenvalue weighted by molar-refractivity contribution is 5.95. The average Bonchev–Trinajstić information content (AvgIpc) is 2.93. The molecule has 0 radical (unpaired) electrons. The van der Waals surface area contributed by atoms with E-state index in [9.17, 15) is 34.2 Å². The number of hydrogen-bond donors (Lipinski definition) is 8. The molecule has 230 valence electrons. The number of carbonyl (C=O) groups excluding carboxylic acids is 5. The first kappa shape index (κ1) is 35.6. The summed E-state index contributed by atoms with van der Waals surface area (Å²) in [6.07, 6.45) is 1.27. The number of amides is 4. The van der Waals surface area contributed by atoms with Gasteiger partial charge in [0.15, 0.2) is 0 Å². The second-order valence-corrected chi connectivity index (χ2v) is 10.5. The van der Waals surface area contributed by atoms with Crippen LogP contribution in [0, 0.1) is 5.92 Å². The molecule has 4 amide bonds. The molecule has 0 aliphatic heterocycles. The van der Waals surface area contributed by atoms with E-state index in [1.807, 2.05) is 44.2 Å². The summed E-state index contributed by atoms with van der Waals surface area (Å²) in [7, 11) is 0. The first-order chi connectivity index (χ1) is 19.4. The van der Waals surface area contributed by atoms with Crippen LogP contribution < -0.4 is 32.7 Å². The highest BCUT2D eigenvalue weighted by atomic mass is 16.3. The lowest BCUT2D eigenvalue weighted by molar-refractivity contribution is -0.136. The quantitative estimate of drug-likeness (QED) is 0.0686. The van der Waals surface area contributed by atoms with Crippen LogP contribution >= 0.6 is 0 Å². The van der Waals surface area contributed by atoms with E-state index in [1.54, 1.807) is 0 Å². The van der Waals surface area contributed by atoms with Crippen molar-refractivity contribution in [2.24, 2.45) is 17.4 Å². The minimum Gasteiger partial charge on any atom is -0.394 e. The molecule has 13 nitrogen and oxygen atoms in total. The monoisotopic (exact) mass is 578 g/mol. The molecule has 0 bridgehead atoms. The van der Waals surface area contributed by atoms with E-state index in [-0.39, 0.29) is 18.8 Å². The van der Waals surface area contributed by atoms with Gasteiger partial charge in [0.05, 0.1) is 24.8 Å². The third-order valence-electron chi connectivity index (χ3n) is 6.31. The van der Waals surface area contributed by atoms with Crippen LogP contribution in [0.25, 0.3) is 0 Å². The summed E-state index contributed by atoms with van der Waals surface area (Å²) < 4.78 is 0. The molecular weight excluding hydrogens is 532 g/mol. The van der Waals surface area contributed by atoms with Crippen molar-refractivity contribution in [2.45, 2.75) is 89.2 Å². The lowest BCUT2D eigenvalue weighted by Gasteiger charge is -2.27. The van der Waals surface area contributed by atoms with Gasteiger partial charge in [0.25, 0.3) is 0 Å². The molecular formula is C28H46N6O7. The fraction of sp³-hybridized carbons (Fsp3) is 0.607. The van der Waals surface area contributed by atoms with Gasteiger partial charge in [0.1, 0.15) is 24.4 Å². The van der Waals surface area contributed by atoms with Crippen molar-refractivity contribution in [3.8, 4) is 0 Å². The van der Waals surface area contributed by atoms with E-state index in [2.05, 4.69) is 21.3 Å². The first-order valence-corrected chi connectivity index (χ1v) is 13.9. The van der Waals surface area contributed by atoms with Crippen molar-refractivity contribution in [3.05, 3.63) is 35.9 Å². The molecule has 1 rings (SSSR count). The van der Waals surface area contributed by atoms with Crippen LogP contribution in [0.2, 0.25) is 0 Å². The van der Waals surface area contributed by atoms with Crippen LogP contribution in [-0.4, -0.2) is 89.6 Å². The topological polar surface area (TPSA) is 226 Å². The molecule has 0 aliphatic carbocycles. The minimum atomic E-state index is -1.49. The molecule has 0 heterocycles. The lowest BCUT2D eigenvalue weighted by Crippen LogP contribution is -2.61. The summed E-state index contributed by atoms with van der Waals surface area (Å²) in [6, 6.07) is 3.38. The summed E-state index contributed by atoms with van der Waals surface area (Å²) in [5.74, 6) is -3.05. The second-order valence-electron chi connectivity index (χ2n) is 10.5. The van der Waals surface area contributed by atoms with Crippen molar-refractivity contribution in [3.63, 3.8) is 0 Å². The van der Waals surface area contributed by atoms with Gasteiger partial charge in [0.2, 0.25) is 23.6 Å². The molecule has 0 saturated heterocycles. The summed E-state index contributed by atoms with van der Waals surface area (Å²) in [4.78, 5) is 62.9. The fourth-order valence-corrected chi connectivity index (χ4v) is 4.02. The van der Waals surface area contributed by atoms with Gasteiger partial charge in [-0.05, 0) is 57.1 Å². The van der Waals surface area contributed by atoms with Crippen molar-refractivity contribution < 1.29 is 34.2 Å². The number of nitrogens with one attached hydrogen (secondary N) is 4. The average molecular weight is 579 g/mol. The largest absolute Gasteiger partial charge is 0.394 e. The van der Waals surface area contributed by atoms with E-state index in [0.717, 1.165) is 5.56 Å². The molecule has 0 fully saturated rings. The Morgan fingerprint density at radius 2 is 1.49 bits per heavy atom. The van der Waals surface area contributed by atoms with Gasteiger partial charge in [0, 0.05) is 0 Å². The Morgan fingerprint density at radius 1 is 0.878 bits per heavy atom. The van der Waals surface area contributed by atoms with Crippen molar-refractivity contribution in [2.75, 3.05) is 13.2 Å². The van der Waals surface area contributed by atoms with Gasteiger partial charge in [-0.2, -0.15) is 0 Å². The van der Waals surface area contributed by atoms with Crippen molar-refractivity contribution in [1.82, 2.24) is 21.3 Å². The SMILES string of the molecule is CC(C)C[C@H](NC(=O)[C@@H](N)Cc1ccccc1)C(=O)N[C@@H](CO)C(=O)N[C@H](C(=O)N[C@H](C=O)CCCCN)[C@@H](C)O. The van der Waals surface area contributed by atoms with Crippen molar-refractivity contribution in [1.29, 1.82) is 0 Å². The van der Waals surface area contributed by atoms with Crippen LogP contribution in [0.3, 0.4) is 0 Å². The number of nitrogens with two attached hydrogens (primary N) is 2. The van der Waals surface area contributed by atoms with Crippen LogP contribution in [0.1, 0.15) is 52.0 Å². The van der Waals surface area contributed by atoms with Crippen LogP contribution in [0.5, 0.6) is 0 Å². The molecule has 0 unspecified atom stereocenters. The highest BCUT2D eigenvalue weighted by Crippen LogP contribution is 2.08. The maximum absolute atomic E-state index is 13.1. The highest BCUT2D eigenvalue weighted by Gasteiger charge is 2.32. The number of carbonyl (C=O) groups is 5. The Morgan fingerprint density at radius 3 is 2.02 bits per heavy atom. The summed E-state index contributed by atoms with van der Waals surface area (Å²) in [6.45, 7) is 4.58. The molecule has 1 aromatic rings. The lowest BCUT2D eigenvalue weighted by atomic mass is 10.0. The molecule has 6 atom stereocenters. The first-order valence-electron chi connectivity index (χ1n) is 13.9. The maximum Gasteiger partial charge on any atom is 0.245 e. The Labute approximate surface area is 241 Å². The molecule has 0 spiro atoms. The Hall–Kier alpha value is -3.39. The van der Waals surface area contributed by atoms with Crippen LogP contribution in [0.4, 0.5) is 0 Å². The van der Waals surface area contributed by atoms with Crippen molar-refractivity contribution >= 4 is 29.9 Å². The van der Waals surface area contributed by atoms with Gasteiger partial charge in [-0.3, -0.25) is 19.2 Å². The normalized spacial score (nSPS) is 15.5. The van der Waals surface area contributed by atoms with Gasteiger partial charge >= 0.3 is 0 Å². The third-order valence-corrected chi connectivity index (χ3v) is 6.31. The van der Waals surface area contributed by atoms with Gasteiger partial charge in [-0.25, -0.2) is 0 Å². The Balaban J connectivity index is 2.88. The van der Waals surface area contributed by atoms with E-state index in [0.29, 0.717) is 32.1 Å². The number of aldehydes is 1. The third kappa shape index (κ3) is 13.2. The predicted molar refractivity (Wildman–Crippen MR) is 153 cm³/mol. The fourth-order valence-electron chi connectivity index (χ4n) is 4.02. The van der Waals surface area contributed by atoms with E-state index >= 15 is 0 Å². The molecule has 0 saturated carbocycles. The Bertz CT molecular complexity index is 976. The second kappa shape index (κ2) is 18.9. The molecule has 1 aromatic carbocycles. The van der Waals surface area contributed by atoms with E-state index in [1.165, 1.54) is 6.92 Å². The molecule has 13 heteroatoms. The number of benzene rings is 1. The maximum atomic E-state index is 13.1. The molecule has 0 aliphatic rings. The smallest absolute Gasteiger partial charge is 0.245 e.